The molecule has 1 atom stereocenters. The van der Waals surface area contributed by atoms with Gasteiger partial charge in [-0.15, -0.1) is 0 Å². The molecule has 0 bridgehead atoms. The van der Waals surface area contributed by atoms with Crippen LogP contribution in [-0.4, -0.2) is 11.9 Å². The first-order valence-electron chi connectivity index (χ1n) is 7.65. The van der Waals surface area contributed by atoms with Crippen molar-refractivity contribution in [1.29, 1.82) is 0 Å². The van der Waals surface area contributed by atoms with Gasteiger partial charge in [0, 0.05) is 5.56 Å². The lowest BCUT2D eigenvalue weighted by Gasteiger charge is -2.16. The Kier molecular flexibility index (Phi) is 4.38. The number of fused-ring (bicyclic) bond motifs is 1. The number of hydrogen-bond acceptors (Lipinski definition) is 1. The van der Waals surface area contributed by atoms with E-state index in [1.165, 1.54) is 12.1 Å². The van der Waals surface area contributed by atoms with E-state index in [0.717, 1.165) is 16.3 Å². The molecule has 3 rings (SSSR count). The molecule has 24 heavy (non-hydrogen) atoms. The van der Waals surface area contributed by atoms with Gasteiger partial charge in [-0.1, -0.05) is 72.8 Å². The Morgan fingerprint density at radius 2 is 1.46 bits per heavy atom. The van der Waals surface area contributed by atoms with Gasteiger partial charge in [-0.2, -0.15) is 13.2 Å². The highest BCUT2D eigenvalue weighted by molar-refractivity contribution is 6.04. The van der Waals surface area contributed by atoms with E-state index < -0.39 is 17.9 Å². The zero-order valence-corrected chi connectivity index (χ0v) is 13.1. The second-order valence-corrected chi connectivity index (χ2v) is 5.59. The van der Waals surface area contributed by atoms with Gasteiger partial charge in [0.25, 0.3) is 0 Å². The van der Waals surface area contributed by atoms with E-state index in [1.807, 2.05) is 42.5 Å². The Morgan fingerprint density at radius 3 is 2.17 bits per heavy atom. The molecule has 0 spiro atoms. The summed E-state index contributed by atoms with van der Waals surface area (Å²) >= 11 is 0. The summed E-state index contributed by atoms with van der Waals surface area (Å²) in [6, 6.07) is 20.4. The number of benzene rings is 3. The quantitative estimate of drug-likeness (QED) is 0.527. The lowest BCUT2D eigenvalue weighted by Crippen LogP contribution is -2.24. The summed E-state index contributed by atoms with van der Waals surface area (Å²) in [5, 5.41) is 1.91. The van der Waals surface area contributed by atoms with Crippen LogP contribution in [-0.2, 0) is 0 Å². The summed E-state index contributed by atoms with van der Waals surface area (Å²) in [6.07, 6.45) is -4.50. The zero-order chi connectivity index (χ0) is 17.2. The number of hydrogen-bond donors (Lipinski definition) is 0. The van der Waals surface area contributed by atoms with E-state index in [2.05, 4.69) is 4.99 Å². The monoisotopic (exact) mass is 327 g/mol. The molecule has 0 heterocycles. The molecule has 3 aromatic carbocycles. The van der Waals surface area contributed by atoms with Gasteiger partial charge in [0.2, 0.25) is 0 Å². The molecule has 0 aliphatic rings. The van der Waals surface area contributed by atoms with E-state index in [4.69, 9.17) is 0 Å². The van der Waals surface area contributed by atoms with Crippen LogP contribution in [0, 0.1) is 0 Å². The maximum absolute atomic E-state index is 13.5. The summed E-state index contributed by atoms with van der Waals surface area (Å²) in [6.45, 7) is 1.69. The smallest absolute Gasteiger partial charge is 0.272 e. The fourth-order valence-electron chi connectivity index (χ4n) is 2.79. The number of aliphatic imine (C=N–C) groups is 1. The number of alkyl halides is 3. The van der Waals surface area contributed by atoms with Crippen molar-refractivity contribution in [2.24, 2.45) is 4.99 Å². The van der Waals surface area contributed by atoms with Gasteiger partial charge in [0.05, 0.1) is 6.04 Å². The van der Waals surface area contributed by atoms with Crippen LogP contribution in [0.3, 0.4) is 0 Å². The van der Waals surface area contributed by atoms with Crippen LogP contribution >= 0.6 is 0 Å². The van der Waals surface area contributed by atoms with Crippen molar-refractivity contribution >= 4 is 16.5 Å². The van der Waals surface area contributed by atoms with Crippen LogP contribution in [0.1, 0.15) is 24.1 Å². The topological polar surface area (TPSA) is 12.4 Å². The Hall–Kier alpha value is -2.62. The SMILES string of the molecule is CC(N=C(c1ccccc1)C(F)(F)F)c1cccc2ccccc12. The fourth-order valence-corrected chi connectivity index (χ4v) is 2.79. The van der Waals surface area contributed by atoms with Crippen LogP contribution in [0.15, 0.2) is 77.8 Å². The zero-order valence-electron chi connectivity index (χ0n) is 13.1. The molecular formula is C20H16F3N. The molecule has 0 N–H and O–H groups in total. The third-order valence-corrected chi connectivity index (χ3v) is 3.91. The van der Waals surface area contributed by atoms with Gasteiger partial charge < -0.3 is 0 Å². The second-order valence-electron chi connectivity index (χ2n) is 5.59. The molecule has 0 aromatic heterocycles. The highest BCUT2D eigenvalue weighted by Gasteiger charge is 2.37. The molecule has 0 saturated carbocycles. The average Bonchev–Trinajstić information content (AvgIpc) is 2.58. The van der Waals surface area contributed by atoms with E-state index in [9.17, 15) is 13.2 Å². The summed E-state index contributed by atoms with van der Waals surface area (Å²) in [7, 11) is 0. The molecule has 0 aliphatic heterocycles. The standard InChI is InChI=1S/C20H16F3N/c1-14(17-13-7-11-15-8-5-6-12-18(15)17)24-19(20(21,22)23)16-9-3-2-4-10-16/h2-14H,1H3. The Bertz CT molecular complexity index is 861. The van der Waals surface area contributed by atoms with Crippen LogP contribution in [0.2, 0.25) is 0 Å². The molecule has 0 fully saturated rings. The van der Waals surface area contributed by atoms with Crippen molar-refractivity contribution in [3.8, 4) is 0 Å². The molecule has 122 valence electrons. The molecule has 0 radical (unpaired) electrons. The van der Waals surface area contributed by atoms with Crippen molar-refractivity contribution in [1.82, 2.24) is 0 Å². The normalized spacial score (nSPS) is 13.9. The van der Waals surface area contributed by atoms with Crippen molar-refractivity contribution in [3.05, 3.63) is 83.9 Å². The summed E-state index contributed by atoms with van der Waals surface area (Å²) in [5.74, 6) is 0. The molecular weight excluding hydrogens is 311 g/mol. The minimum absolute atomic E-state index is 0.0806. The van der Waals surface area contributed by atoms with Crippen LogP contribution in [0.25, 0.3) is 10.8 Å². The van der Waals surface area contributed by atoms with Gasteiger partial charge in [-0.05, 0) is 23.3 Å². The van der Waals surface area contributed by atoms with Crippen molar-refractivity contribution in [3.63, 3.8) is 0 Å². The average molecular weight is 327 g/mol. The predicted molar refractivity (Wildman–Crippen MR) is 91.4 cm³/mol. The third kappa shape index (κ3) is 3.32. The third-order valence-electron chi connectivity index (χ3n) is 3.91. The maximum atomic E-state index is 13.5. The molecule has 1 nitrogen and oxygen atoms in total. The van der Waals surface area contributed by atoms with Gasteiger partial charge in [-0.25, -0.2) is 0 Å². The number of nitrogens with zero attached hydrogens (tertiary/aromatic N) is 1. The minimum Gasteiger partial charge on any atom is -0.272 e. The van der Waals surface area contributed by atoms with Gasteiger partial charge in [0.15, 0.2) is 0 Å². The Balaban J connectivity index is 2.10. The largest absolute Gasteiger partial charge is 0.433 e. The van der Waals surface area contributed by atoms with Crippen LogP contribution in [0.5, 0.6) is 0 Å². The Labute approximate surface area is 138 Å². The van der Waals surface area contributed by atoms with Gasteiger partial charge in [-0.3, -0.25) is 4.99 Å². The number of rotatable bonds is 3. The molecule has 0 saturated heterocycles. The lowest BCUT2D eigenvalue weighted by molar-refractivity contribution is -0.0584. The summed E-state index contributed by atoms with van der Waals surface area (Å²) < 4.78 is 40.4. The molecule has 4 heteroatoms. The van der Waals surface area contributed by atoms with Crippen molar-refractivity contribution in [2.75, 3.05) is 0 Å². The van der Waals surface area contributed by atoms with E-state index in [-0.39, 0.29) is 5.56 Å². The van der Waals surface area contributed by atoms with E-state index in [0.29, 0.717) is 0 Å². The first-order valence-corrected chi connectivity index (χ1v) is 7.65. The minimum atomic E-state index is -4.50. The first kappa shape index (κ1) is 16.2. The summed E-state index contributed by atoms with van der Waals surface area (Å²) in [4.78, 5) is 4.03. The highest BCUT2D eigenvalue weighted by atomic mass is 19.4. The highest BCUT2D eigenvalue weighted by Crippen LogP contribution is 2.30. The van der Waals surface area contributed by atoms with Gasteiger partial charge in [0.1, 0.15) is 5.71 Å². The van der Waals surface area contributed by atoms with Crippen molar-refractivity contribution in [2.45, 2.75) is 19.1 Å². The molecule has 1 unspecified atom stereocenters. The molecule has 0 aliphatic carbocycles. The first-order chi connectivity index (χ1) is 11.5. The maximum Gasteiger partial charge on any atom is 0.433 e. The van der Waals surface area contributed by atoms with Gasteiger partial charge >= 0.3 is 6.18 Å². The second kappa shape index (κ2) is 6.48. The lowest BCUT2D eigenvalue weighted by atomic mass is 9.99. The van der Waals surface area contributed by atoms with Crippen LogP contribution < -0.4 is 0 Å². The van der Waals surface area contributed by atoms with Crippen molar-refractivity contribution < 1.29 is 13.2 Å². The van der Waals surface area contributed by atoms with E-state index >= 15 is 0 Å². The molecule has 0 amide bonds. The fraction of sp³-hybridized carbons (Fsp3) is 0.150. The summed E-state index contributed by atoms with van der Waals surface area (Å²) in [5.41, 5.74) is 0.0198. The number of halogens is 3. The predicted octanol–water partition coefficient (Wildman–Crippen LogP) is 5.95. The molecule has 3 aromatic rings. The van der Waals surface area contributed by atoms with Crippen LogP contribution in [0.4, 0.5) is 13.2 Å². The Morgan fingerprint density at radius 1 is 0.833 bits per heavy atom. The van der Waals surface area contributed by atoms with E-state index in [1.54, 1.807) is 25.1 Å².